The van der Waals surface area contributed by atoms with E-state index < -0.39 is 5.97 Å². The first-order valence-corrected chi connectivity index (χ1v) is 6.84. The number of benzene rings is 2. The number of carboxylic acid groups (broad SMARTS) is 1. The minimum absolute atomic E-state index is 0.137. The number of rotatable bonds is 1. The predicted molar refractivity (Wildman–Crippen MR) is 76.8 cm³/mol. The van der Waals surface area contributed by atoms with Crippen LogP contribution in [0.2, 0.25) is 0 Å². The number of aromatic carboxylic acids is 1. The summed E-state index contributed by atoms with van der Waals surface area (Å²) in [7, 11) is 0. The third-order valence-corrected chi connectivity index (χ3v) is 4.22. The lowest BCUT2D eigenvalue weighted by Crippen LogP contribution is -2.26. The molecule has 0 aliphatic carbocycles. The van der Waals surface area contributed by atoms with Gasteiger partial charge < -0.3 is 5.11 Å². The second-order valence-corrected chi connectivity index (χ2v) is 5.50. The van der Waals surface area contributed by atoms with Crippen LogP contribution in [0.1, 0.15) is 17.3 Å². The van der Waals surface area contributed by atoms with Gasteiger partial charge in [0, 0.05) is 16.7 Å². The second-order valence-electron chi connectivity index (χ2n) is 4.41. The Kier molecular flexibility index (Phi) is 2.99. The monoisotopic (exact) mass is 285 g/mol. The lowest BCUT2D eigenvalue weighted by Gasteiger charge is -2.30. The molecule has 0 radical (unpaired) electrons. The van der Waals surface area contributed by atoms with Crippen molar-refractivity contribution in [1.29, 1.82) is 0 Å². The Labute approximate surface area is 120 Å². The first kappa shape index (κ1) is 12.7. The lowest BCUT2D eigenvalue weighted by atomic mass is 10.1. The first-order chi connectivity index (χ1) is 9.58. The van der Waals surface area contributed by atoms with Crippen LogP contribution in [-0.4, -0.2) is 17.0 Å². The summed E-state index contributed by atoms with van der Waals surface area (Å²) in [5.41, 5.74) is 1.59. The van der Waals surface area contributed by atoms with E-state index >= 15 is 0 Å². The second kappa shape index (κ2) is 4.68. The van der Waals surface area contributed by atoms with Crippen molar-refractivity contribution in [3.05, 3.63) is 48.0 Å². The fourth-order valence-electron chi connectivity index (χ4n) is 2.23. The fourth-order valence-corrected chi connectivity index (χ4v) is 3.27. The number of carboxylic acids is 1. The van der Waals surface area contributed by atoms with Crippen LogP contribution >= 0.6 is 11.8 Å². The van der Waals surface area contributed by atoms with Gasteiger partial charge in [0.15, 0.2) is 0 Å². The molecule has 0 atom stereocenters. The number of hydrogen-bond acceptors (Lipinski definition) is 3. The summed E-state index contributed by atoms with van der Waals surface area (Å²) in [4.78, 5) is 26.5. The summed E-state index contributed by atoms with van der Waals surface area (Å²) in [6.45, 7) is 1.48. The fraction of sp³-hybridized carbons (Fsp3) is 0.0667. The van der Waals surface area contributed by atoms with Gasteiger partial charge in [-0.05, 0) is 30.3 Å². The van der Waals surface area contributed by atoms with Gasteiger partial charge in [0.2, 0.25) is 5.91 Å². The van der Waals surface area contributed by atoms with Gasteiger partial charge in [-0.3, -0.25) is 9.69 Å². The minimum Gasteiger partial charge on any atom is -0.478 e. The molecule has 5 heteroatoms. The number of para-hydroxylation sites is 1. The minimum atomic E-state index is -1.000. The third kappa shape index (κ3) is 1.96. The molecule has 2 aromatic rings. The van der Waals surface area contributed by atoms with Crippen molar-refractivity contribution in [3.63, 3.8) is 0 Å². The average molecular weight is 285 g/mol. The Morgan fingerprint density at radius 3 is 2.45 bits per heavy atom. The van der Waals surface area contributed by atoms with Crippen LogP contribution in [0.25, 0.3) is 0 Å². The van der Waals surface area contributed by atoms with Gasteiger partial charge in [0.05, 0.1) is 16.9 Å². The van der Waals surface area contributed by atoms with Gasteiger partial charge in [0.25, 0.3) is 0 Å². The van der Waals surface area contributed by atoms with Crippen LogP contribution in [0, 0.1) is 0 Å². The predicted octanol–water partition coefficient (Wildman–Crippen LogP) is 3.53. The maximum atomic E-state index is 12.0. The molecular weight excluding hydrogens is 274 g/mol. The average Bonchev–Trinajstić information content (AvgIpc) is 2.43. The standard InChI is InChI=1S/C15H11NO3S/c1-9(17)16-11-4-2-3-5-13(11)20-14-7-6-10(15(18)19)8-12(14)16/h2-8H,1H3,(H,18,19). The van der Waals surface area contributed by atoms with E-state index in [9.17, 15) is 9.59 Å². The number of hydrogen-bond donors (Lipinski definition) is 1. The van der Waals surface area contributed by atoms with Crippen molar-refractivity contribution in [1.82, 2.24) is 0 Å². The molecule has 1 aliphatic heterocycles. The molecule has 100 valence electrons. The zero-order valence-electron chi connectivity index (χ0n) is 10.7. The van der Waals surface area contributed by atoms with Crippen LogP contribution in [0.15, 0.2) is 52.3 Å². The number of anilines is 2. The molecule has 0 fully saturated rings. The maximum absolute atomic E-state index is 12.0. The van der Waals surface area contributed by atoms with Gasteiger partial charge in [-0.2, -0.15) is 0 Å². The quantitative estimate of drug-likeness (QED) is 0.870. The van der Waals surface area contributed by atoms with Crippen LogP contribution < -0.4 is 4.90 Å². The Hall–Kier alpha value is -2.27. The highest BCUT2D eigenvalue weighted by atomic mass is 32.2. The SMILES string of the molecule is CC(=O)N1c2ccccc2Sc2ccc(C(=O)O)cc21. The van der Waals surface area contributed by atoms with E-state index in [1.807, 2.05) is 24.3 Å². The number of amides is 1. The largest absolute Gasteiger partial charge is 0.478 e. The molecule has 0 saturated carbocycles. The molecule has 0 saturated heterocycles. The zero-order chi connectivity index (χ0) is 14.3. The molecule has 0 bridgehead atoms. The van der Waals surface area contributed by atoms with Crippen molar-refractivity contribution >= 4 is 35.0 Å². The van der Waals surface area contributed by atoms with Gasteiger partial charge in [-0.1, -0.05) is 23.9 Å². The smallest absolute Gasteiger partial charge is 0.335 e. The zero-order valence-corrected chi connectivity index (χ0v) is 11.5. The van der Waals surface area contributed by atoms with Crippen LogP contribution in [-0.2, 0) is 4.79 Å². The molecule has 2 aromatic carbocycles. The molecular formula is C15H11NO3S. The van der Waals surface area contributed by atoms with E-state index in [0.717, 1.165) is 15.5 Å². The molecule has 20 heavy (non-hydrogen) atoms. The Bertz CT molecular complexity index is 727. The van der Waals surface area contributed by atoms with Crippen molar-refractivity contribution in [2.45, 2.75) is 16.7 Å². The van der Waals surface area contributed by atoms with Crippen LogP contribution in [0.5, 0.6) is 0 Å². The number of nitrogens with zero attached hydrogens (tertiary/aromatic N) is 1. The summed E-state index contributed by atoms with van der Waals surface area (Å²) >= 11 is 1.54. The Morgan fingerprint density at radius 2 is 1.75 bits per heavy atom. The molecule has 0 spiro atoms. The van der Waals surface area contributed by atoms with Gasteiger partial charge in [0.1, 0.15) is 0 Å². The molecule has 0 aromatic heterocycles. The summed E-state index contributed by atoms with van der Waals surface area (Å²) < 4.78 is 0. The molecule has 4 nitrogen and oxygen atoms in total. The molecule has 1 heterocycles. The highest BCUT2D eigenvalue weighted by Crippen LogP contribution is 2.48. The molecule has 0 unspecified atom stereocenters. The van der Waals surface area contributed by atoms with Gasteiger partial charge in [-0.25, -0.2) is 4.79 Å². The first-order valence-electron chi connectivity index (χ1n) is 6.03. The molecule has 1 amide bonds. The number of carbonyl (C=O) groups is 2. The third-order valence-electron chi connectivity index (χ3n) is 3.09. The Balaban J connectivity index is 2.22. The maximum Gasteiger partial charge on any atom is 0.335 e. The topological polar surface area (TPSA) is 57.6 Å². The highest BCUT2D eigenvalue weighted by molar-refractivity contribution is 7.99. The number of carbonyl (C=O) groups excluding carboxylic acids is 1. The van der Waals surface area contributed by atoms with Crippen LogP contribution in [0.3, 0.4) is 0 Å². The van der Waals surface area contributed by atoms with Crippen molar-refractivity contribution < 1.29 is 14.7 Å². The molecule has 1 N–H and O–H groups in total. The van der Waals surface area contributed by atoms with E-state index in [-0.39, 0.29) is 11.5 Å². The lowest BCUT2D eigenvalue weighted by molar-refractivity contribution is -0.115. The van der Waals surface area contributed by atoms with E-state index in [1.165, 1.54) is 18.7 Å². The summed E-state index contributed by atoms with van der Waals surface area (Å²) in [5, 5.41) is 9.10. The van der Waals surface area contributed by atoms with E-state index in [1.54, 1.807) is 23.1 Å². The van der Waals surface area contributed by atoms with Crippen molar-refractivity contribution in [3.8, 4) is 0 Å². The number of fused-ring (bicyclic) bond motifs is 2. The van der Waals surface area contributed by atoms with Gasteiger partial charge >= 0.3 is 5.97 Å². The summed E-state index contributed by atoms with van der Waals surface area (Å²) in [5.74, 6) is -1.14. The van der Waals surface area contributed by atoms with E-state index in [2.05, 4.69) is 0 Å². The molecule has 3 rings (SSSR count). The van der Waals surface area contributed by atoms with Gasteiger partial charge in [-0.15, -0.1) is 0 Å². The van der Waals surface area contributed by atoms with Crippen molar-refractivity contribution in [2.24, 2.45) is 0 Å². The Morgan fingerprint density at radius 1 is 1.05 bits per heavy atom. The highest BCUT2D eigenvalue weighted by Gasteiger charge is 2.26. The van der Waals surface area contributed by atoms with Crippen LogP contribution in [0.4, 0.5) is 11.4 Å². The van der Waals surface area contributed by atoms with Crippen molar-refractivity contribution in [2.75, 3.05) is 4.90 Å². The summed E-state index contributed by atoms with van der Waals surface area (Å²) in [6.07, 6.45) is 0. The normalized spacial score (nSPS) is 12.6. The molecule has 1 aliphatic rings. The summed E-state index contributed by atoms with van der Waals surface area (Å²) in [6, 6.07) is 12.4. The van der Waals surface area contributed by atoms with E-state index in [4.69, 9.17) is 5.11 Å². The van der Waals surface area contributed by atoms with E-state index in [0.29, 0.717) is 5.69 Å².